The molecule has 3 aromatic rings. The van der Waals surface area contributed by atoms with Gasteiger partial charge < -0.3 is 5.32 Å². The molecule has 6 heteroatoms. The van der Waals surface area contributed by atoms with Crippen LogP contribution in [0.25, 0.3) is 11.1 Å². The van der Waals surface area contributed by atoms with Gasteiger partial charge in [-0.25, -0.2) is 14.1 Å². The second-order valence-corrected chi connectivity index (χ2v) is 5.50. The van der Waals surface area contributed by atoms with Gasteiger partial charge in [0.1, 0.15) is 24.0 Å². The fourth-order valence-corrected chi connectivity index (χ4v) is 2.46. The molecule has 0 atom stereocenters. The molecule has 0 bridgehead atoms. The highest BCUT2D eigenvalue weighted by Crippen LogP contribution is 2.22. The van der Waals surface area contributed by atoms with Crippen LogP contribution in [-0.2, 0) is 11.3 Å². The lowest BCUT2D eigenvalue weighted by molar-refractivity contribution is -0.116. The number of nitrogens with zero attached hydrogens (tertiary/aromatic N) is 3. The summed E-state index contributed by atoms with van der Waals surface area (Å²) in [4.78, 5) is 16.3. The van der Waals surface area contributed by atoms with Crippen molar-refractivity contribution in [3.8, 4) is 11.1 Å². The molecule has 2 aromatic carbocycles. The number of anilines is 1. The highest BCUT2D eigenvalue weighted by molar-refractivity contribution is 5.90. The van der Waals surface area contributed by atoms with Gasteiger partial charge in [-0.1, -0.05) is 24.3 Å². The Balaban J connectivity index is 1.68. The minimum atomic E-state index is -0.275. The molecule has 122 valence electrons. The van der Waals surface area contributed by atoms with E-state index in [0.29, 0.717) is 17.3 Å². The van der Waals surface area contributed by atoms with E-state index < -0.39 is 0 Å². The first-order chi connectivity index (χ1) is 11.5. The van der Waals surface area contributed by atoms with Crippen molar-refractivity contribution in [3.05, 3.63) is 66.0 Å². The summed E-state index contributed by atoms with van der Waals surface area (Å²) in [7, 11) is 0. The largest absolute Gasteiger partial charge is 0.324 e. The van der Waals surface area contributed by atoms with Gasteiger partial charge in [0.2, 0.25) is 5.91 Å². The first kappa shape index (κ1) is 15.9. The minimum absolute atomic E-state index is 0.109. The second kappa shape index (κ2) is 6.62. The SMILES string of the molecule is Cc1nc(C)n(CC(=O)Nc2ccc(-c3cccc(F)c3)cc2)n1. The molecular formula is C18H17FN4O. The lowest BCUT2D eigenvalue weighted by Gasteiger charge is -2.07. The molecular weight excluding hydrogens is 307 g/mol. The molecule has 0 aliphatic heterocycles. The van der Waals surface area contributed by atoms with Crippen molar-refractivity contribution in [2.75, 3.05) is 5.32 Å². The minimum Gasteiger partial charge on any atom is -0.324 e. The number of aryl methyl sites for hydroxylation is 2. The third kappa shape index (κ3) is 3.65. The van der Waals surface area contributed by atoms with Crippen LogP contribution in [0.15, 0.2) is 48.5 Å². The first-order valence-electron chi connectivity index (χ1n) is 7.55. The van der Waals surface area contributed by atoms with Gasteiger partial charge in [-0.05, 0) is 49.2 Å². The van der Waals surface area contributed by atoms with E-state index in [1.54, 1.807) is 36.7 Å². The van der Waals surface area contributed by atoms with Gasteiger partial charge in [-0.15, -0.1) is 0 Å². The van der Waals surface area contributed by atoms with Gasteiger partial charge >= 0.3 is 0 Å². The maximum atomic E-state index is 13.3. The van der Waals surface area contributed by atoms with Crippen LogP contribution >= 0.6 is 0 Å². The number of carbonyl (C=O) groups is 1. The Hall–Kier alpha value is -3.02. The van der Waals surface area contributed by atoms with Crippen molar-refractivity contribution < 1.29 is 9.18 Å². The van der Waals surface area contributed by atoms with Crippen LogP contribution in [0.1, 0.15) is 11.6 Å². The second-order valence-electron chi connectivity index (χ2n) is 5.50. The van der Waals surface area contributed by atoms with E-state index in [4.69, 9.17) is 0 Å². The van der Waals surface area contributed by atoms with E-state index in [-0.39, 0.29) is 18.3 Å². The van der Waals surface area contributed by atoms with Crippen LogP contribution in [0.5, 0.6) is 0 Å². The molecule has 0 fully saturated rings. The van der Waals surface area contributed by atoms with E-state index in [1.807, 2.05) is 18.2 Å². The summed E-state index contributed by atoms with van der Waals surface area (Å²) in [6, 6.07) is 13.7. The molecule has 24 heavy (non-hydrogen) atoms. The van der Waals surface area contributed by atoms with E-state index in [2.05, 4.69) is 15.4 Å². The lowest BCUT2D eigenvalue weighted by atomic mass is 10.1. The lowest BCUT2D eigenvalue weighted by Crippen LogP contribution is -2.20. The quantitative estimate of drug-likeness (QED) is 0.801. The Bertz CT molecular complexity index is 871. The van der Waals surface area contributed by atoms with E-state index in [9.17, 15) is 9.18 Å². The summed E-state index contributed by atoms with van der Waals surface area (Å²) in [6.45, 7) is 3.70. The molecule has 5 nitrogen and oxygen atoms in total. The molecule has 0 saturated heterocycles. The molecule has 1 N–H and O–H groups in total. The zero-order chi connectivity index (χ0) is 17.1. The van der Waals surface area contributed by atoms with Crippen molar-refractivity contribution in [2.45, 2.75) is 20.4 Å². The Labute approximate surface area is 139 Å². The molecule has 0 unspecified atom stereocenters. The standard InChI is InChI=1S/C18H17FN4O/c1-12-20-13(2)23(22-12)11-18(24)21-17-8-6-14(7-9-17)15-4-3-5-16(19)10-15/h3-10H,11H2,1-2H3,(H,21,24). The third-order valence-electron chi connectivity index (χ3n) is 3.58. The Morgan fingerprint density at radius 3 is 2.50 bits per heavy atom. The van der Waals surface area contributed by atoms with Gasteiger partial charge in [0.25, 0.3) is 0 Å². The summed E-state index contributed by atoms with van der Waals surface area (Å²) >= 11 is 0. The van der Waals surface area contributed by atoms with Crippen molar-refractivity contribution >= 4 is 11.6 Å². The van der Waals surface area contributed by atoms with E-state index in [1.165, 1.54) is 12.1 Å². The van der Waals surface area contributed by atoms with E-state index in [0.717, 1.165) is 11.1 Å². The average molecular weight is 324 g/mol. The van der Waals surface area contributed by atoms with Crippen LogP contribution in [-0.4, -0.2) is 20.7 Å². The summed E-state index contributed by atoms with van der Waals surface area (Å²) in [5.74, 6) is 0.883. The van der Waals surface area contributed by atoms with Gasteiger partial charge in [0.05, 0.1) is 0 Å². The summed E-state index contributed by atoms with van der Waals surface area (Å²) in [5, 5.41) is 6.98. The number of halogens is 1. The van der Waals surface area contributed by atoms with Gasteiger partial charge in [0.15, 0.2) is 0 Å². The van der Waals surface area contributed by atoms with Crippen LogP contribution in [0.4, 0.5) is 10.1 Å². The maximum absolute atomic E-state index is 13.3. The molecule has 1 heterocycles. The number of aromatic nitrogens is 3. The number of hydrogen-bond acceptors (Lipinski definition) is 3. The smallest absolute Gasteiger partial charge is 0.246 e. The molecule has 0 aliphatic carbocycles. The highest BCUT2D eigenvalue weighted by atomic mass is 19.1. The van der Waals surface area contributed by atoms with Crippen molar-refractivity contribution in [1.82, 2.24) is 14.8 Å². The first-order valence-corrected chi connectivity index (χ1v) is 7.55. The van der Waals surface area contributed by atoms with Crippen molar-refractivity contribution in [2.24, 2.45) is 0 Å². The zero-order valence-corrected chi connectivity index (χ0v) is 13.5. The Morgan fingerprint density at radius 1 is 1.12 bits per heavy atom. The van der Waals surface area contributed by atoms with Crippen LogP contribution in [0.2, 0.25) is 0 Å². The number of carbonyl (C=O) groups excluding carboxylic acids is 1. The Morgan fingerprint density at radius 2 is 1.88 bits per heavy atom. The number of rotatable bonds is 4. The fraction of sp³-hybridized carbons (Fsp3) is 0.167. The van der Waals surface area contributed by atoms with Crippen molar-refractivity contribution in [1.29, 1.82) is 0 Å². The number of benzene rings is 2. The zero-order valence-electron chi connectivity index (χ0n) is 13.5. The van der Waals surface area contributed by atoms with Gasteiger partial charge in [-0.2, -0.15) is 5.10 Å². The predicted octanol–water partition coefficient (Wildman–Crippen LogP) is 3.34. The number of hydrogen-bond donors (Lipinski definition) is 1. The fourth-order valence-electron chi connectivity index (χ4n) is 2.46. The normalized spacial score (nSPS) is 10.6. The van der Waals surface area contributed by atoms with Crippen LogP contribution < -0.4 is 5.32 Å². The number of nitrogens with one attached hydrogen (secondary N) is 1. The van der Waals surface area contributed by atoms with Crippen LogP contribution in [0, 0.1) is 19.7 Å². The van der Waals surface area contributed by atoms with Gasteiger partial charge in [0, 0.05) is 5.69 Å². The maximum Gasteiger partial charge on any atom is 0.246 e. The van der Waals surface area contributed by atoms with Crippen LogP contribution in [0.3, 0.4) is 0 Å². The molecule has 0 aliphatic rings. The molecule has 0 radical (unpaired) electrons. The average Bonchev–Trinajstić information content (AvgIpc) is 2.85. The molecule has 0 spiro atoms. The topological polar surface area (TPSA) is 59.8 Å². The van der Waals surface area contributed by atoms with Gasteiger partial charge in [-0.3, -0.25) is 4.79 Å². The highest BCUT2D eigenvalue weighted by Gasteiger charge is 2.08. The monoisotopic (exact) mass is 324 g/mol. The summed E-state index contributed by atoms with van der Waals surface area (Å²) < 4.78 is 14.8. The molecule has 1 amide bonds. The predicted molar refractivity (Wildman–Crippen MR) is 90.0 cm³/mol. The van der Waals surface area contributed by atoms with E-state index >= 15 is 0 Å². The molecule has 0 saturated carbocycles. The Kier molecular flexibility index (Phi) is 4.37. The third-order valence-corrected chi connectivity index (χ3v) is 3.58. The number of amides is 1. The summed E-state index contributed by atoms with van der Waals surface area (Å²) in [6.07, 6.45) is 0. The molecule has 3 rings (SSSR count). The van der Waals surface area contributed by atoms with Crippen molar-refractivity contribution in [3.63, 3.8) is 0 Å². The summed E-state index contributed by atoms with van der Waals surface area (Å²) in [5.41, 5.74) is 2.35. The molecule has 1 aromatic heterocycles.